The Morgan fingerprint density at radius 1 is 0.966 bits per heavy atom. The molecule has 2 N–H and O–H groups in total. The number of nitrogens with zero attached hydrogens (tertiary/aromatic N) is 1. The number of sulfonamides is 1. The van der Waals surface area contributed by atoms with Crippen LogP contribution in [0.15, 0.2) is 41.3 Å². The minimum absolute atomic E-state index is 0.0441. The van der Waals surface area contributed by atoms with Gasteiger partial charge in [-0.2, -0.15) is 4.31 Å². The first-order valence-electron chi connectivity index (χ1n) is 9.95. The van der Waals surface area contributed by atoms with Gasteiger partial charge in [0.15, 0.2) is 6.54 Å². The zero-order valence-electron chi connectivity index (χ0n) is 17.6. The third-order valence-electron chi connectivity index (χ3n) is 5.61. The van der Waals surface area contributed by atoms with Crippen LogP contribution >= 0.6 is 0 Å². The number of rotatable bonds is 5. The highest BCUT2D eigenvalue weighted by molar-refractivity contribution is 7.89. The highest BCUT2D eigenvalue weighted by Gasteiger charge is 2.31. The fourth-order valence-corrected chi connectivity index (χ4v) is 5.15. The van der Waals surface area contributed by atoms with Gasteiger partial charge in [-0.15, -0.1) is 0 Å². The number of hydrogen-bond acceptors (Lipinski definition) is 3. The average Bonchev–Trinajstić information content (AvgIpc) is 2.66. The van der Waals surface area contributed by atoms with Crippen molar-refractivity contribution in [2.24, 2.45) is 0 Å². The van der Waals surface area contributed by atoms with Gasteiger partial charge in [-0.25, -0.2) is 8.42 Å². The standard InChI is InChI=1S/C22H29N3O3S/c1-16-5-8-21(19(4)13-16)23-22(26)15-24-9-11-25(12-10-24)29(27,28)20-7-6-17(2)18(3)14-20/h5-8,13-14H,9-12,15H2,1-4H3,(H,23,26)/p+1. The first-order valence-corrected chi connectivity index (χ1v) is 11.4. The van der Waals surface area contributed by atoms with E-state index in [0.717, 1.165) is 32.8 Å². The van der Waals surface area contributed by atoms with Gasteiger partial charge < -0.3 is 10.2 Å². The van der Waals surface area contributed by atoms with E-state index in [1.54, 1.807) is 12.1 Å². The Kier molecular flexibility index (Phi) is 6.41. The number of aryl methyl sites for hydroxylation is 4. The van der Waals surface area contributed by atoms with E-state index in [2.05, 4.69) is 5.32 Å². The molecular formula is C22H30N3O3S+. The molecule has 1 heterocycles. The van der Waals surface area contributed by atoms with E-state index < -0.39 is 10.0 Å². The average molecular weight is 417 g/mol. The molecule has 156 valence electrons. The Hall–Kier alpha value is -2.22. The van der Waals surface area contributed by atoms with Crippen molar-refractivity contribution in [3.8, 4) is 0 Å². The molecule has 0 spiro atoms. The molecule has 0 bridgehead atoms. The molecule has 1 fully saturated rings. The summed E-state index contributed by atoms with van der Waals surface area (Å²) < 4.78 is 27.4. The largest absolute Gasteiger partial charge is 0.325 e. The molecule has 0 radical (unpaired) electrons. The summed E-state index contributed by atoms with van der Waals surface area (Å²) in [5.41, 5.74) is 5.08. The van der Waals surface area contributed by atoms with Gasteiger partial charge in [0.25, 0.3) is 5.91 Å². The van der Waals surface area contributed by atoms with Gasteiger partial charge in [0.1, 0.15) is 0 Å². The first-order chi connectivity index (χ1) is 13.7. The van der Waals surface area contributed by atoms with E-state index in [1.807, 2.05) is 52.0 Å². The van der Waals surface area contributed by atoms with E-state index in [4.69, 9.17) is 0 Å². The van der Waals surface area contributed by atoms with Crippen LogP contribution in [0.4, 0.5) is 5.69 Å². The predicted octanol–water partition coefficient (Wildman–Crippen LogP) is 1.45. The van der Waals surface area contributed by atoms with Crippen molar-refractivity contribution in [3.63, 3.8) is 0 Å². The third kappa shape index (κ3) is 5.04. The number of benzene rings is 2. The van der Waals surface area contributed by atoms with Crippen molar-refractivity contribution >= 4 is 21.6 Å². The maximum absolute atomic E-state index is 12.9. The molecule has 6 nitrogen and oxygen atoms in total. The molecule has 0 aliphatic carbocycles. The third-order valence-corrected chi connectivity index (χ3v) is 7.51. The Balaban J connectivity index is 1.57. The van der Waals surface area contributed by atoms with E-state index in [9.17, 15) is 13.2 Å². The van der Waals surface area contributed by atoms with Crippen LogP contribution < -0.4 is 10.2 Å². The topological polar surface area (TPSA) is 70.9 Å². The zero-order chi connectivity index (χ0) is 21.2. The molecule has 29 heavy (non-hydrogen) atoms. The Bertz CT molecular complexity index is 1010. The van der Waals surface area contributed by atoms with Crippen LogP contribution in [0.2, 0.25) is 0 Å². The molecule has 1 aliphatic rings. The number of nitrogens with one attached hydrogen (secondary N) is 2. The molecular weight excluding hydrogens is 386 g/mol. The molecule has 1 amide bonds. The van der Waals surface area contributed by atoms with E-state index >= 15 is 0 Å². The summed E-state index contributed by atoms with van der Waals surface area (Å²) in [6, 6.07) is 11.2. The Morgan fingerprint density at radius 2 is 1.66 bits per heavy atom. The van der Waals surface area contributed by atoms with Crippen LogP contribution in [0.1, 0.15) is 22.3 Å². The molecule has 2 aromatic carbocycles. The molecule has 0 aromatic heterocycles. The maximum atomic E-state index is 12.9. The first kappa shape index (κ1) is 21.5. The minimum Gasteiger partial charge on any atom is -0.325 e. The van der Waals surface area contributed by atoms with Gasteiger partial charge in [-0.1, -0.05) is 23.8 Å². The fourth-order valence-electron chi connectivity index (χ4n) is 3.62. The van der Waals surface area contributed by atoms with Gasteiger partial charge >= 0.3 is 0 Å². The van der Waals surface area contributed by atoms with Crippen LogP contribution in [-0.4, -0.2) is 51.4 Å². The second kappa shape index (κ2) is 8.65. The van der Waals surface area contributed by atoms with Crippen LogP contribution in [0, 0.1) is 27.7 Å². The molecule has 2 aromatic rings. The van der Waals surface area contributed by atoms with Crippen LogP contribution in [0.5, 0.6) is 0 Å². The maximum Gasteiger partial charge on any atom is 0.279 e. The summed E-state index contributed by atoms with van der Waals surface area (Å²) in [7, 11) is -3.49. The number of amides is 1. The molecule has 0 saturated carbocycles. The van der Waals surface area contributed by atoms with E-state index in [-0.39, 0.29) is 5.91 Å². The normalized spacial score (nSPS) is 16.0. The Labute approximate surface area is 173 Å². The molecule has 1 saturated heterocycles. The molecule has 0 atom stereocenters. The second-order valence-corrected chi connectivity index (χ2v) is 9.88. The van der Waals surface area contributed by atoms with E-state index in [0.29, 0.717) is 37.6 Å². The summed E-state index contributed by atoms with van der Waals surface area (Å²) in [5.74, 6) is -0.0441. The lowest BCUT2D eigenvalue weighted by Gasteiger charge is -2.31. The van der Waals surface area contributed by atoms with Gasteiger partial charge in [-0.05, 0) is 62.6 Å². The minimum atomic E-state index is -3.49. The lowest BCUT2D eigenvalue weighted by molar-refractivity contribution is -0.895. The number of quaternary nitrogens is 1. The highest BCUT2D eigenvalue weighted by Crippen LogP contribution is 2.19. The van der Waals surface area contributed by atoms with Crippen molar-refractivity contribution < 1.29 is 18.1 Å². The SMILES string of the molecule is Cc1ccc(NC(=O)C[NH+]2CCN(S(=O)(=O)c3ccc(C)c(C)c3)CC2)c(C)c1. The van der Waals surface area contributed by atoms with Crippen molar-refractivity contribution in [2.45, 2.75) is 32.6 Å². The lowest BCUT2D eigenvalue weighted by atomic mass is 10.1. The smallest absolute Gasteiger partial charge is 0.279 e. The summed E-state index contributed by atoms with van der Waals surface area (Å²) in [5, 5.41) is 2.97. The number of anilines is 1. The van der Waals surface area contributed by atoms with Crippen molar-refractivity contribution in [3.05, 3.63) is 58.7 Å². The number of carbonyl (C=O) groups is 1. The molecule has 1 aliphatic heterocycles. The summed E-state index contributed by atoms with van der Waals surface area (Å²) >= 11 is 0. The zero-order valence-corrected chi connectivity index (χ0v) is 18.4. The van der Waals surface area contributed by atoms with Gasteiger partial charge in [-0.3, -0.25) is 4.79 Å². The van der Waals surface area contributed by atoms with Gasteiger partial charge in [0.2, 0.25) is 10.0 Å². The monoisotopic (exact) mass is 416 g/mol. The van der Waals surface area contributed by atoms with Crippen LogP contribution in [0.3, 0.4) is 0 Å². The number of carbonyl (C=O) groups excluding carboxylic acids is 1. The summed E-state index contributed by atoms with van der Waals surface area (Å²) in [6.45, 7) is 10.3. The predicted molar refractivity (Wildman–Crippen MR) is 115 cm³/mol. The lowest BCUT2D eigenvalue weighted by Crippen LogP contribution is -3.15. The van der Waals surface area contributed by atoms with E-state index in [1.165, 1.54) is 4.31 Å². The highest BCUT2D eigenvalue weighted by atomic mass is 32.2. The quantitative estimate of drug-likeness (QED) is 0.775. The van der Waals surface area contributed by atoms with Gasteiger partial charge in [0, 0.05) is 5.69 Å². The fraction of sp³-hybridized carbons (Fsp3) is 0.409. The summed E-state index contributed by atoms with van der Waals surface area (Å²) in [6.07, 6.45) is 0. The van der Waals surface area contributed by atoms with Crippen molar-refractivity contribution in [2.75, 3.05) is 38.0 Å². The Morgan fingerprint density at radius 3 is 2.28 bits per heavy atom. The summed E-state index contributed by atoms with van der Waals surface area (Å²) in [4.78, 5) is 13.9. The van der Waals surface area contributed by atoms with Crippen LogP contribution in [0.25, 0.3) is 0 Å². The number of hydrogen-bond donors (Lipinski definition) is 2. The van der Waals surface area contributed by atoms with Gasteiger partial charge in [0.05, 0.1) is 31.1 Å². The van der Waals surface area contributed by atoms with Crippen molar-refractivity contribution in [1.82, 2.24) is 4.31 Å². The van der Waals surface area contributed by atoms with Crippen LogP contribution in [-0.2, 0) is 14.8 Å². The molecule has 7 heteroatoms. The molecule has 0 unspecified atom stereocenters. The number of piperazine rings is 1. The molecule has 3 rings (SSSR count). The van der Waals surface area contributed by atoms with Crippen molar-refractivity contribution in [1.29, 1.82) is 0 Å². The second-order valence-electron chi connectivity index (χ2n) is 7.94.